The van der Waals surface area contributed by atoms with Crippen LogP contribution in [0.15, 0.2) is 12.1 Å². The predicted molar refractivity (Wildman–Crippen MR) is 96.7 cm³/mol. The highest BCUT2D eigenvalue weighted by molar-refractivity contribution is 5.97. The normalized spacial score (nSPS) is 18.9. The van der Waals surface area contributed by atoms with Gasteiger partial charge in [0.15, 0.2) is 23.0 Å². The van der Waals surface area contributed by atoms with Gasteiger partial charge in [0.25, 0.3) is 0 Å². The van der Waals surface area contributed by atoms with Gasteiger partial charge in [-0.25, -0.2) is 9.97 Å². The van der Waals surface area contributed by atoms with Crippen LogP contribution in [0, 0.1) is 0 Å². The number of benzene rings is 1. The summed E-state index contributed by atoms with van der Waals surface area (Å²) in [5.41, 5.74) is 6.49. The zero-order chi connectivity index (χ0) is 20.3. The number of rotatable bonds is 3. The second-order valence-corrected chi connectivity index (χ2v) is 7.03. The Hall–Kier alpha value is -3.28. The number of hydrogen-bond acceptors (Lipinski definition) is 8. The molecule has 4 heterocycles. The highest BCUT2D eigenvalue weighted by atomic mass is 19.3. The molecule has 2 aliphatic heterocycles. The molecule has 1 fully saturated rings. The lowest BCUT2D eigenvalue weighted by molar-refractivity contribution is -0.286. The van der Waals surface area contributed by atoms with E-state index in [9.17, 15) is 13.6 Å². The van der Waals surface area contributed by atoms with Crippen molar-refractivity contribution in [2.45, 2.75) is 12.7 Å². The predicted octanol–water partition coefficient (Wildman–Crippen LogP) is 0.498. The van der Waals surface area contributed by atoms with Gasteiger partial charge in [-0.15, -0.1) is 13.9 Å². The van der Waals surface area contributed by atoms with Crippen molar-refractivity contribution in [2.75, 3.05) is 39.0 Å². The van der Waals surface area contributed by atoms with Crippen molar-refractivity contribution in [3.8, 4) is 11.5 Å². The molecule has 0 aliphatic carbocycles. The third-order valence-corrected chi connectivity index (χ3v) is 5.07. The van der Waals surface area contributed by atoms with Gasteiger partial charge in [-0.1, -0.05) is 0 Å². The SMILES string of the molecule is CN1CCN(CCc2nc3c4ccc5c(c4nc(N)n3n2)OC(F)(F)O5)CC1=O. The first-order chi connectivity index (χ1) is 13.8. The smallest absolute Gasteiger partial charge is 0.395 e. The van der Waals surface area contributed by atoms with Crippen molar-refractivity contribution in [2.24, 2.45) is 0 Å². The lowest BCUT2D eigenvalue weighted by atomic mass is 10.2. The maximum Gasteiger partial charge on any atom is 0.586 e. The number of carbonyl (C=O) groups is 1. The number of hydrogen-bond donors (Lipinski definition) is 1. The van der Waals surface area contributed by atoms with Gasteiger partial charge in [0, 0.05) is 38.5 Å². The average Bonchev–Trinajstić information content (AvgIpc) is 3.23. The number of piperazine rings is 1. The Morgan fingerprint density at radius 2 is 2.07 bits per heavy atom. The minimum Gasteiger partial charge on any atom is -0.395 e. The van der Waals surface area contributed by atoms with Gasteiger partial charge in [0.1, 0.15) is 5.52 Å². The molecule has 1 amide bonds. The first-order valence-corrected chi connectivity index (χ1v) is 9.01. The number of nitrogens with zero attached hydrogens (tertiary/aromatic N) is 6. The number of aromatic nitrogens is 4. The molecule has 0 atom stereocenters. The van der Waals surface area contributed by atoms with E-state index in [0.717, 1.165) is 6.54 Å². The summed E-state index contributed by atoms with van der Waals surface area (Å²) in [5.74, 6) is 0.292. The molecule has 0 bridgehead atoms. The topological polar surface area (TPSA) is 111 Å². The van der Waals surface area contributed by atoms with Crippen LogP contribution in [0.3, 0.4) is 0 Å². The Labute approximate surface area is 162 Å². The molecule has 1 saturated heterocycles. The summed E-state index contributed by atoms with van der Waals surface area (Å²) in [6.07, 6.45) is -3.25. The van der Waals surface area contributed by atoms with Crippen LogP contribution in [0.25, 0.3) is 16.6 Å². The number of likely N-dealkylation sites (N-methyl/N-ethyl adjacent to an activating group) is 1. The fourth-order valence-corrected chi connectivity index (χ4v) is 3.50. The second-order valence-electron chi connectivity index (χ2n) is 7.03. The monoisotopic (exact) mass is 405 g/mol. The molecule has 0 spiro atoms. The standard InChI is InChI=1S/C17H17F2N7O3/c1-24-6-7-25(8-12(24)27)5-4-11-21-15-9-2-3-10-14(29-17(18,19)28-10)13(9)22-16(20)26(15)23-11/h2-3H,4-8H2,1H3,(H2,20,22). The third-order valence-electron chi connectivity index (χ3n) is 5.07. The van der Waals surface area contributed by atoms with Crippen molar-refractivity contribution in [3.05, 3.63) is 18.0 Å². The van der Waals surface area contributed by atoms with E-state index in [4.69, 9.17) is 5.73 Å². The quantitative estimate of drug-likeness (QED) is 0.671. The second kappa shape index (κ2) is 6.11. The first kappa shape index (κ1) is 17.8. The van der Waals surface area contributed by atoms with Crippen LogP contribution in [0.1, 0.15) is 5.82 Å². The van der Waals surface area contributed by atoms with E-state index in [1.807, 2.05) is 4.90 Å². The zero-order valence-corrected chi connectivity index (χ0v) is 15.4. The van der Waals surface area contributed by atoms with Crippen molar-refractivity contribution in [3.63, 3.8) is 0 Å². The van der Waals surface area contributed by atoms with Crippen LogP contribution in [0.2, 0.25) is 0 Å². The summed E-state index contributed by atoms with van der Waals surface area (Å²) in [7, 11) is 1.78. The molecule has 2 N–H and O–H groups in total. The lowest BCUT2D eigenvalue weighted by Crippen LogP contribution is -2.48. The molecule has 152 valence electrons. The minimum atomic E-state index is -3.75. The zero-order valence-electron chi connectivity index (χ0n) is 15.4. The van der Waals surface area contributed by atoms with E-state index in [2.05, 4.69) is 24.5 Å². The fourth-order valence-electron chi connectivity index (χ4n) is 3.50. The number of nitrogens with two attached hydrogens (primary N) is 1. The Morgan fingerprint density at radius 3 is 2.86 bits per heavy atom. The first-order valence-electron chi connectivity index (χ1n) is 9.01. The fraction of sp³-hybridized carbons (Fsp3) is 0.412. The molecular formula is C17H17F2N7O3. The van der Waals surface area contributed by atoms with Crippen LogP contribution >= 0.6 is 0 Å². The molecule has 0 unspecified atom stereocenters. The van der Waals surface area contributed by atoms with Gasteiger partial charge < -0.3 is 20.1 Å². The summed E-state index contributed by atoms with van der Waals surface area (Å²) >= 11 is 0. The van der Waals surface area contributed by atoms with E-state index in [0.29, 0.717) is 42.9 Å². The molecule has 2 aliphatic rings. The Kier molecular flexibility index (Phi) is 3.75. The molecule has 0 saturated carbocycles. The molecule has 12 heteroatoms. The van der Waals surface area contributed by atoms with Crippen molar-refractivity contribution in [1.29, 1.82) is 0 Å². The molecule has 2 aromatic heterocycles. The lowest BCUT2D eigenvalue weighted by Gasteiger charge is -2.31. The Morgan fingerprint density at radius 1 is 1.24 bits per heavy atom. The summed E-state index contributed by atoms with van der Waals surface area (Å²) in [6.45, 7) is 2.42. The highest BCUT2D eigenvalue weighted by Gasteiger charge is 2.45. The van der Waals surface area contributed by atoms with Crippen LogP contribution in [0.4, 0.5) is 14.7 Å². The number of carbonyl (C=O) groups excluding carboxylic acids is 1. The van der Waals surface area contributed by atoms with Crippen molar-refractivity contribution in [1.82, 2.24) is 29.4 Å². The number of amides is 1. The molecule has 5 rings (SSSR count). The number of anilines is 1. The number of ether oxygens (including phenoxy) is 2. The van der Waals surface area contributed by atoms with E-state index >= 15 is 0 Å². The number of nitrogen functional groups attached to an aromatic ring is 1. The van der Waals surface area contributed by atoms with Crippen LogP contribution in [-0.4, -0.2) is 74.8 Å². The highest BCUT2D eigenvalue weighted by Crippen LogP contribution is 2.45. The van der Waals surface area contributed by atoms with Crippen LogP contribution < -0.4 is 15.2 Å². The van der Waals surface area contributed by atoms with E-state index in [1.54, 1.807) is 18.0 Å². The van der Waals surface area contributed by atoms with Crippen molar-refractivity contribution < 1.29 is 23.0 Å². The number of alkyl halides is 2. The largest absolute Gasteiger partial charge is 0.586 e. The Balaban J connectivity index is 1.47. The summed E-state index contributed by atoms with van der Waals surface area (Å²) < 4.78 is 37.3. The third kappa shape index (κ3) is 2.95. The van der Waals surface area contributed by atoms with E-state index in [-0.39, 0.29) is 28.9 Å². The van der Waals surface area contributed by atoms with Gasteiger partial charge in [0.05, 0.1) is 6.54 Å². The number of fused-ring (bicyclic) bond motifs is 5. The Bertz CT molecular complexity index is 1150. The summed E-state index contributed by atoms with van der Waals surface area (Å²) in [6, 6.07) is 2.94. The van der Waals surface area contributed by atoms with Gasteiger partial charge in [0.2, 0.25) is 11.9 Å². The molecule has 1 aromatic carbocycles. The van der Waals surface area contributed by atoms with Crippen LogP contribution in [0.5, 0.6) is 11.5 Å². The van der Waals surface area contributed by atoms with E-state index in [1.165, 1.54) is 10.6 Å². The maximum atomic E-state index is 13.4. The summed E-state index contributed by atoms with van der Waals surface area (Å²) in [4.78, 5) is 24.2. The minimum absolute atomic E-state index is 0.00626. The molecule has 29 heavy (non-hydrogen) atoms. The van der Waals surface area contributed by atoms with Gasteiger partial charge >= 0.3 is 6.29 Å². The summed E-state index contributed by atoms with van der Waals surface area (Å²) in [5, 5.41) is 4.84. The van der Waals surface area contributed by atoms with E-state index < -0.39 is 6.29 Å². The van der Waals surface area contributed by atoms with Gasteiger partial charge in [-0.2, -0.15) is 4.52 Å². The van der Waals surface area contributed by atoms with Crippen molar-refractivity contribution >= 4 is 28.4 Å². The molecule has 3 aromatic rings. The van der Waals surface area contributed by atoms with Gasteiger partial charge in [-0.05, 0) is 12.1 Å². The van der Waals surface area contributed by atoms with Gasteiger partial charge in [-0.3, -0.25) is 9.69 Å². The maximum absolute atomic E-state index is 13.4. The van der Waals surface area contributed by atoms with Crippen LogP contribution in [-0.2, 0) is 11.2 Å². The molecular weight excluding hydrogens is 388 g/mol. The average molecular weight is 405 g/mol. The molecule has 0 radical (unpaired) electrons. The number of halogens is 2. The molecule has 10 nitrogen and oxygen atoms in total.